The summed E-state index contributed by atoms with van der Waals surface area (Å²) in [7, 11) is 0. The number of rotatable bonds is 0. The van der Waals surface area contributed by atoms with Gasteiger partial charge >= 0.3 is 0 Å². The molecule has 0 aromatic heterocycles. The van der Waals surface area contributed by atoms with E-state index in [-0.39, 0.29) is 0 Å². The van der Waals surface area contributed by atoms with Gasteiger partial charge in [0.2, 0.25) is 0 Å². The minimum atomic E-state index is 0.763. The summed E-state index contributed by atoms with van der Waals surface area (Å²) in [4.78, 5) is 5.20. The van der Waals surface area contributed by atoms with E-state index in [4.69, 9.17) is 4.84 Å². The van der Waals surface area contributed by atoms with Gasteiger partial charge in [-0.05, 0) is 6.07 Å². The first kappa shape index (κ1) is 6.07. The van der Waals surface area contributed by atoms with Crippen LogP contribution in [-0.4, -0.2) is 4.47 Å². The molecule has 0 atom stereocenters. The number of nitrogens with zero attached hydrogens (tertiary/aromatic N) is 1. The van der Waals surface area contributed by atoms with E-state index in [9.17, 15) is 0 Å². The summed E-state index contributed by atoms with van der Waals surface area (Å²) >= 11 is 4.05. The average Bonchev–Trinajstić information content (AvgIpc) is 2.27. The summed E-state index contributed by atoms with van der Waals surface area (Å²) in [6, 6.07) is 7.91. The third-order valence-corrected chi connectivity index (χ3v) is 1.71. The highest BCUT2D eigenvalue weighted by molar-refractivity contribution is 7.77. The van der Waals surface area contributed by atoms with Crippen LogP contribution in [0, 0.1) is 0 Å². The van der Waals surface area contributed by atoms with Crippen molar-refractivity contribution < 1.29 is 4.84 Å². The second-order valence-corrected chi connectivity index (χ2v) is 2.66. The van der Waals surface area contributed by atoms with Crippen molar-refractivity contribution in [3.8, 4) is 5.75 Å². The first-order valence-corrected chi connectivity index (χ1v) is 3.48. The fraction of sp³-hybridized carbons (Fsp3) is 0.143. The van der Waals surface area contributed by atoms with Crippen LogP contribution in [0.4, 0.5) is 0 Å². The average molecular weight is 153 g/mol. The molecular formula is C7H7NOS. The fourth-order valence-electron chi connectivity index (χ4n) is 1.02. The van der Waals surface area contributed by atoms with Crippen LogP contribution in [0.15, 0.2) is 24.3 Å². The number of para-hydroxylation sites is 1. The van der Waals surface area contributed by atoms with Crippen LogP contribution >= 0.6 is 12.8 Å². The molecule has 3 heteroatoms. The largest absolute Gasteiger partial charge is 0.395 e. The Morgan fingerprint density at radius 1 is 1.40 bits per heavy atom. The quantitative estimate of drug-likeness (QED) is 0.569. The van der Waals surface area contributed by atoms with Crippen LogP contribution in [0.3, 0.4) is 0 Å². The number of hydrogen-bond acceptors (Lipinski definition) is 3. The van der Waals surface area contributed by atoms with E-state index in [1.54, 1.807) is 0 Å². The van der Waals surface area contributed by atoms with Crippen molar-refractivity contribution in [1.29, 1.82) is 0 Å². The Bertz CT molecular complexity index is 226. The van der Waals surface area contributed by atoms with Crippen molar-refractivity contribution in [3.63, 3.8) is 0 Å². The number of fused-ring (bicyclic) bond motifs is 1. The smallest absolute Gasteiger partial charge is 0.153 e. The van der Waals surface area contributed by atoms with Gasteiger partial charge < -0.3 is 4.84 Å². The van der Waals surface area contributed by atoms with Crippen molar-refractivity contribution in [2.24, 2.45) is 0 Å². The van der Waals surface area contributed by atoms with Gasteiger partial charge in [-0.25, -0.2) is 0 Å². The van der Waals surface area contributed by atoms with Gasteiger partial charge in [0.25, 0.3) is 0 Å². The van der Waals surface area contributed by atoms with Gasteiger partial charge in [-0.15, -0.1) is 0 Å². The molecule has 2 rings (SSSR count). The Kier molecular flexibility index (Phi) is 1.32. The van der Waals surface area contributed by atoms with Gasteiger partial charge in [-0.1, -0.05) is 35.5 Å². The standard InChI is InChI=1S/C7H7NOS/c10-8-5-6-3-1-2-4-7(6)9-8/h1-4,10H,5H2. The molecule has 0 N–H and O–H groups in total. The van der Waals surface area contributed by atoms with Gasteiger partial charge in [-0.2, -0.15) is 0 Å². The second-order valence-electron chi connectivity index (χ2n) is 2.21. The van der Waals surface area contributed by atoms with Crippen molar-refractivity contribution in [3.05, 3.63) is 29.8 Å². The fourth-order valence-corrected chi connectivity index (χ4v) is 1.26. The summed E-state index contributed by atoms with van der Waals surface area (Å²) in [6.45, 7) is 0.763. The van der Waals surface area contributed by atoms with Gasteiger partial charge in [0.15, 0.2) is 5.75 Å². The molecule has 0 unspecified atom stereocenters. The molecule has 0 saturated heterocycles. The molecule has 0 amide bonds. The predicted molar refractivity (Wildman–Crippen MR) is 41.6 cm³/mol. The molecule has 52 valence electrons. The van der Waals surface area contributed by atoms with Crippen LogP contribution in [0.2, 0.25) is 0 Å². The van der Waals surface area contributed by atoms with Crippen molar-refractivity contribution in [2.75, 3.05) is 0 Å². The maximum absolute atomic E-state index is 5.20. The molecule has 1 aliphatic heterocycles. The zero-order valence-corrected chi connectivity index (χ0v) is 6.21. The van der Waals surface area contributed by atoms with Crippen LogP contribution < -0.4 is 4.84 Å². The first-order valence-electron chi connectivity index (χ1n) is 3.08. The third kappa shape index (κ3) is 0.874. The summed E-state index contributed by atoms with van der Waals surface area (Å²) in [5.74, 6) is 0.914. The van der Waals surface area contributed by atoms with Crippen molar-refractivity contribution >= 4 is 12.8 Å². The summed E-state index contributed by atoms with van der Waals surface area (Å²) in [6.07, 6.45) is 0. The zero-order chi connectivity index (χ0) is 6.97. The molecular weight excluding hydrogens is 146 g/mol. The molecule has 0 bridgehead atoms. The van der Waals surface area contributed by atoms with E-state index in [1.165, 1.54) is 10.0 Å². The van der Waals surface area contributed by atoms with E-state index in [0.29, 0.717) is 0 Å². The van der Waals surface area contributed by atoms with Gasteiger partial charge in [0.1, 0.15) is 0 Å². The maximum atomic E-state index is 5.20. The minimum absolute atomic E-state index is 0.763. The van der Waals surface area contributed by atoms with Crippen molar-refractivity contribution in [2.45, 2.75) is 6.54 Å². The Balaban J connectivity index is 2.42. The molecule has 10 heavy (non-hydrogen) atoms. The highest BCUT2D eigenvalue weighted by atomic mass is 32.1. The van der Waals surface area contributed by atoms with Gasteiger partial charge in [0.05, 0.1) is 6.54 Å². The molecule has 0 saturated carbocycles. The van der Waals surface area contributed by atoms with E-state index >= 15 is 0 Å². The topological polar surface area (TPSA) is 12.5 Å². The molecule has 1 aromatic carbocycles. The van der Waals surface area contributed by atoms with Gasteiger partial charge in [-0.3, -0.25) is 0 Å². The first-order chi connectivity index (χ1) is 4.86. The lowest BCUT2D eigenvalue weighted by molar-refractivity contribution is 0.0752. The molecule has 0 radical (unpaired) electrons. The normalized spacial score (nSPS) is 16.5. The Labute approximate surface area is 64.9 Å². The van der Waals surface area contributed by atoms with E-state index in [0.717, 1.165) is 12.3 Å². The monoisotopic (exact) mass is 153 g/mol. The molecule has 2 nitrogen and oxygen atoms in total. The molecule has 0 fully saturated rings. The molecule has 1 aromatic rings. The number of hydrogen-bond donors (Lipinski definition) is 1. The van der Waals surface area contributed by atoms with Crippen LogP contribution in [0.1, 0.15) is 5.56 Å². The van der Waals surface area contributed by atoms with Crippen LogP contribution in [0.5, 0.6) is 5.75 Å². The zero-order valence-electron chi connectivity index (χ0n) is 5.32. The summed E-state index contributed by atoms with van der Waals surface area (Å²) < 4.78 is 1.52. The lowest BCUT2D eigenvalue weighted by Crippen LogP contribution is -2.06. The molecule has 0 spiro atoms. The Morgan fingerprint density at radius 3 is 3.00 bits per heavy atom. The number of hydroxylamine groups is 1. The highest BCUT2D eigenvalue weighted by Crippen LogP contribution is 2.27. The SMILES string of the molecule is SN1Cc2ccccc2O1. The molecule has 0 aliphatic carbocycles. The summed E-state index contributed by atoms with van der Waals surface area (Å²) in [5.41, 5.74) is 1.19. The minimum Gasteiger partial charge on any atom is -0.395 e. The van der Waals surface area contributed by atoms with Gasteiger partial charge in [0, 0.05) is 5.56 Å². The second kappa shape index (κ2) is 2.18. The lowest BCUT2D eigenvalue weighted by Gasteiger charge is -2.02. The van der Waals surface area contributed by atoms with E-state index in [1.807, 2.05) is 24.3 Å². The van der Waals surface area contributed by atoms with Crippen LogP contribution in [-0.2, 0) is 6.54 Å². The maximum Gasteiger partial charge on any atom is 0.153 e. The Morgan fingerprint density at radius 2 is 2.20 bits per heavy atom. The Hall–Kier alpha value is -0.670. The van der Waals surface area contributed by atoms with Crippen molar-refractivity contribution in [1.82, 2.24) is 4.47 Å². The van der Waals surface area contributed by atoms with Crippen LogP contribution in [0.25, 0.3) is 0 Å². The third-order valence-electron chi connectivity index (χ3n) is 1.48. The summed E-state index contributed by atoms with van der Waals surface area (Å²) in [5, 5.41) is 0. The van der Waals surface area contributed by atoms with E-state index < -0.39 is 0 Å². The highest BCUT2D eigenvalue weighted by Gasteiger charge is 2.16. The lowest BCUT2D eigenvalue weighted by atomic mass is 10.2. The predicted octanol–water partition coefficient (Wildman–Crippen LogP) is 1.64. The molecule has 1 aliphatic rings. The number of benzene rings is 1. The van der Waals surface area contributed by atoms with E-state index in [2.05, 4.69) is 12.8 Å². The number of thiol groups is 1. The molecule has 1 heterocycles.